The van der Waals surface area contributed by atoms with Gasteiger partial charge in [-0.05, 0) is 47.6 Å². The van der Waals surface area contributed by atoms with Crippen LogP contribution in [0.2, 0.25) is 0 Å². The third-order valence-electron chi connectivity index (χ3n) is 3.27. The number of carbonyl (C=O) groups excluding carboxylic acids is 1. The SMILES string of the molecule is C[C@H](CN(C)Cc1ccccc1)OC(=O)c1ccccc1Br. The summed E-state index contributed by atoms with van der Waals surface area (Å²) in [7, 11) is 2.02. The number of hydrogen-bond acceptors (Lipinski definition) is 3. The molecule has 0 aliphatic carbocycles. The predicted octanol–water partition coefficient (Wildman–Crippen LogP) is 4.13. The first-order valence-electron chi connectivity index (χ1n) is 7.24. The fraction of sp³-hybridized carbons (Fsp3) is 0.278. The molecule has 0 fully saturated rings. The van der Waals surface area contributed by atoms with E-state index in [9.17, 15) is 4.79 Å². The lowest BCUT2D eigenvalue weighted by atomic mass is 10.2. The van der Waals surface area contributed by atoms with Crippen molar-refractivity contribution in [3.8, 4) is 0 Å². The van der Waals surface area contributed by atoms with Gasteiger partial charge in [0, 0.05) is 17.6 Å². The highest BCUT2D eigenvalue weighted by molar-refractivity contribution is 9.10. The molecule has 0 spiro atoms. The number of hydrogen-bond donors (Lipinski definition) is 0. The van der Waals surface area contributed by atoms with Gasteiger partial charge in [-0.3, -0.25) is 4.90 Å². The van der Waals surface area contributed by atoms with E-state index in [-0.39, 0.29) is 12.1 Å². The molecule has 2 rings (SSSR count). The largest absolute Gasteiger partial charge is 0.458 e. The highest BCUT2D eigenvalue weighted by Crippen LogP contribution is 2.17. The van der Waals surface area contributed by atoms with Gasteiger partial charge in [0.2, 0.25) is 0 Å². The Morgan fingerprint density at radius 2 is 1.77 bits per heavy atom. The summed E-state index contributed by atoms with van der Waals surface area (Å²) in [5.74, 6) is -0.298. The highest BCUT2D eigenvalue weighted by atomic mass is 79.9. The molecule has 0 unspecified atom stereocenters. The molecule has 0 N–H and O–H groups in total. The molecule has 0 heterocycles. The normalized spacial score (nSPS) is 12.2. The van der Waals surface area contributed by atoms with Gasteiger partial charge in [-0.15, -0.1) is 0 Å². The van der Waals surface area contributed by atoms with Gasteiger partial charge in [-0.25, -0.2) is 4.79 Å². The van der Waals surface area contributed by atoms with Crippen molar-refractivity contribution in [3.63, 3.8) is 0 Å². The molecule has 116 valence electrons. The topological polar surface area (TPSA) is 29.5 Å². The molecule has 4 heteroatoms. The number of likely N-dealkylation sites (N-methyl/N-ethyl adjacent to an activating group) is 1. The maximum atomic E-state index is 12.1. The van der Waals surface area contributed by atoms with Gasteiger partial charge < -0.3 is 4.74 Å². The summed E-state index contributed by atoms with van der Waals surface area (Å²) in [6, 6.07) is 17.5. The summed E-state index contributed by atoms with van der Waals surface area (Å²) in [6.45, 7) is 3.43. The second-order valence-corrected chi connectivity index (χ2v) is 6.23. The number of carbonyl (C=O) groups is 1. The summed E-state index contributed by atoms with van der Waals surface area (Å²) in [6.07, 6.45) is -0.173. The molecule has 0 aromatic heterocycles. The molecular weight excluding hydrogens is 342 g/mol. The zero-order valence-corrected chi connectivity index (χ0v) is 14.4. The van der Waals surface area contributed by atoms with Gasteiger partial charge in [0.25, 0.3) is 0 Å². The Hall–Kier alpha value is -1.65. The van der Waals surface area contributed by atoms with Gasteiger partial charge in [-0.1, -0.05) is 42.5 Å². The van der Waals surface area contributed by atoms with Crippen molar-refractivity contribution in [2.24, 2.45) is 0 Å². The van der Waals surface area contributed by atoms with Crippen LogP contribution in [0, 0.1) is 0 Å². The third kappa shape index (κ3) is 4.97. The van der Waals surface area contributed by atoms with Crippen LogP contribution in [0.25, 0.3) is 0 Å². The van der Waals surface area contributed by atoms with Crippen LogP contribution >= 0.6 is 15.9 Å². The van der Waals surface area contributed by atoms with Crippen LogP contribution in [0.1, 0.15) is 22.8 Å². The maximum Gasteiger partial charge on any atom is 0.339 e. The van der Waals surface area contributed by atoms with Crippen LogP contribution in [-0.4, -0.2) is 30.6 Å². The number of benzene rings is 2. The van der Waals surface area contributed by atoms with E-state index < -0.39 is 0 Å². The third-order valence-corrected chi connectivity index (χ3v) is 3.96. The van der Waals surface area contributed by atoms with Crippen LogP contribution in [0.15, 0.2) is 59.1 Å². The molecule has 2 aromatic carbocycles. The average Bonchev–Trinajstić information content (AvgIpc) is 2.48. The van der Waals surface area contributed by atoms with Crippen molar-refractivity contribution in [2.75, 3.05) is 13.6 Å². The first kappa shape index (κ1) is 16.7. The second-order valence-electron chi connectivity index (χ2n) is 5.38. The van der Waals surface area contributed by atoms with E-state index in [0.29, 0.717) is 12.1 Å². The molecule has 0 aliphatic heterocycles. The van der Waals surface area contributed by atoms with Gasteiger partial charge in [-0.2, -0.15) is 0 Å². The van der Waals surface area contributed by atoms with Crippen LogP contribution in [0.4, 0.5) is 0 Å². The zero-order chi connectivity index (χ0) is 15.9. The minimum Gasteiger partial charge on any atom is -0.458 e. The van der Waals surface area contributed by atoms with Crippen LogP contribution in [0.3, 0.4) is 0 Å². The van der Waals surface area contributed by atoms with Crippen molar-refractivity contribution >= 4 is 21.9 Å². The molecule has 2 aromatic rings. The van der Waals surface area contributed by atoms with Crippen LogP contribution < -0.4 is 0 Å². The fourth-order valence-corrected chi connectivity index (χ4v) is 2.76. The maximum absolute atomic E-state index is 12.1. The Labute approximate surface area is 140 Å². The Kier molecular flexibility index (Phi) is 6.16. The van der Waals surface area contributed by atoms with Gasteiger partial charge >= 0.3 is 5.97 Å². The summed E-state index contributed by atoms with van der Waals surface area (Å²) < 4.78 is 6.27. The smallest absolute Gasteiger partial charge is 0.339 e. The summed E-state index contributed by atoms with van der Waals surface area (Å²) in [5.41, 5.74) is 1.80. The second kappa shape index (κ2) is 8.11. The standard InChI is InChI=1S/C18H20BrNO2/c1-14(12-20(2)13-15-8-4-3-5-9-15)22-18(21)16-10-6-7-11-17(16)19/h3-11,14H,12-13H2,1-2H3/t14-/m1/s1. The molecule has 0 amide bonds. The summed E-state index contributed by atoms with van der Waals surface area (Å²) in [5, 5.41) is 0. The van der Waals surface area contributed by atoms with Crippen molar-refractivity contribution in [1.82, 2.24) is 4.90 Å². The minimum absolute atomic E-state index is 0.173. The number of nitrogens with zero attached hydrogens (tertiary/aromatic N) is 1. The van der Waals surface area contributed by atoms with E-state index >= 15 is 0 Å². The molecule has 0 aliphatic rings. The molecular formula is C18H20BrNO2. The molecule has 0 saturated carbocycles. The van der Waals surface area contributed by atoms with E-state index in [1.54, 1.807) is 6.07 Å². The van der Waals surface area contributed by atoms with Crippen molar-refractivity contribution in [3.05, 3.63) is 70.2 Å². The minimum atomic E-state index is -0.298. The lowest BCUT2D eigenvalue weighted by Gasteiger charge is -2.21. The van der Waals surface area contributed by atoms with E-state index in [1.165, 1.54) is 5.56 Å². The average molecular weight is 362 g/mol. The Morgan fingerprint density at radius 1 is 1.14 bits per heavy atom. The molecule has 0 bridgehead atoms. The molecule has 22 heavy (non-hydrogen) atoms. The molecule has 0 saturated heterocycles. The summed E-state index contributed by atoms with van der Waals surface area (Å²) in [4.78, 5) is 14.3. The number of rotatable bonds is 6. The predicted molar refractivity (Wildman–Crippen MR) is 91.8 cm³/mol. The first-order chi connectivity index (χ1) is 10.6. The highest BCUT2D eigenvalue weighted by Gasteiger charge is 2.15. The van der Waals surface area contributed by atoms with Crippen molar-refractivity contribution in [1.29, 1.82) is 0 Å². The van der Waals surface area contributed by atoms with Crippen LogP contribution in [-0.2, 0) is 11.3 Å². The fourth-order valence-electron chi connectivity index (χ4n) is 2.31. The molecule has 0 radical (unpaired) electrons. The molecule has 1 atom stereocenters. The van der Waals surface area contributed by atoms with Crippen molar-refractivity contribution < 1.29 is 9.53 Å². The van der Waals surface area contributed by atoms with E-state index in [4.69, 9.17) is 4.74 Å². The lowest BCUT2D eigenvalue weighted by Crippen LogP contribution is -2.30. The van der Waals surface area contributed by atoms with Gasteiger partial charge in [0.05, 0.1) is 5.56 Å². The number of esters is 1. The number of ether oxygens (including phenoxy) is 1. The van der Waals surface area contributed by atoms with Crippen molar-refractivity contribution in [2.45, 2.75) is 19.6 Å². The number of halogens is 1. The Bertz CT molecular complexity index is 615. The Morgan fingerprint density at radius 3 is 2.45 bits per heavy atom. The lowest BCUT2D eigenvalue weighted by molar-refractivity contribution is 0.0267. The van der Waals surface area contributed by atoms with E-state index in [2.05, 4.69) is 33.0 Å². The van der Waals surface area contributed by atoms with Crippen LogP contribution in [0.5, 0.6) is 0 Å². The monoisotopic (exact) mass is 361 g/mol. The summed E-state index contributed by atoms with van der Waals surface area (Å²) >= 11 is 3.37. The van der Waals surface area contributed by atoms with Gasteiger partial charge in [0.15, 0.2) is 0 Å². The Balaban J connectivity index is 1.86. The quantitative estimate of drug-likeness (QED) is 0.724. The molecule has 3 nitrogen and oxygen atoms in total. The van der Waals surface area contributed by atoms with Gasteiger partial charge in [0.1, 0.15) is 6.10 Å². The van der Waals surface area contributed by atoms with E-state index in [0.717, 1.165) is 11.0 Å². The zero-order valence-electron chi connectivity index (χ0n) is 12.8. The first-order valence-corrected chi connectivity index (χ1v) is 8.03. The van der Waals surface area contributed by atoms with E-state index in [1.807, 2.05) is 50.4 Å².